The zero-order valence-corrected chi connectivity index (χ0v) is 8.88. The molecule has 0 fully saturated rings. The van der Waals surface area contributed by atoms with E-state index >= 15 is 0 Å². The maximum atomic E-state index is 5.78. The first-order valence-corrected chi connectivity index (χ1v) is 5.40. The first-order valence-electron chi connectivity index (χ1n) is 4.05. The van der Waals surface area contributed by atoms with Crippen molar-refractivity contribution in [1.82, 2.24) is 0 Å². The standard InChI is InChI=1S/C10H10ClNS/c1-6-2-7(5-11)3-8-4-9(12)13-10(6)8/h2-4H,5,12H2,1H3. The molecular formula is C10H10ClNS. The third-order valence-electron chi connectivity index (χ3n) is 2.04. The summed E-state index contributed by atoms with van der Waals surface area (Å²) in [5.41, 5.74) is 8.15. The Morgan fingerprint density at radius 2 is 2.15 bits per heavy atom. The van der Waals surface area contributed by atoms with Crippen LogP contribution in [0.3, 0.4) is 0 Å². The molecule has 0 aliphatic carbocycles. The number of halogens is 1. The highest BCUT2D eigenvalue weighted by Crippen LogP contribution is 2.31. The van der Waals surface area contributed by atoms with Crippen LogP contribution in [0, 0.1) is 6.92 Å². The molecule has 0 unspecified atom stereocenters. The first-order chi connectivity index (χ1) is 6.20. The van der Waals surface area contributed by atoms with Crippen molar-refractivity contribution in [3.63, 3.8) is 0 Å². The van der Waals surface area contributed by atoms with Crippen LogP contribution in [0.2, 0.25) is 0 Å². The van der Waals surface area contributed by atoms with E-state index in [4.69, 9.17) is 17.3 Å². The largest absolute Gasteiger partial charge is 0.391 e. The lowest BCUT2D eigenvalue weighted by molar-refractivity contribution is 1.39. The lowest BCUT2D eigenvalue weighted by Gasteiger charge is -1.99. The second-order valence-corrected chi connectivity index (χ2v) is 4.46. The Bertz CT molecular complexity index is 447. The first kappa shape index (κ1) is 8.85. The van der Waals surface area contributed by atoms with E-state index in [0.717, 1.165) is 10.6 Å². The Morgan fingerprint density at radius 3 is 2.85 bits per heavy atom. The zero-order chi connectivity index (χ0) is 9.42. The van der Waals surface area contributed by atoms with Gasteiger partial charge in [0.15, 0.2) is 0 Å². The minimum Gasteiger partial charge on any atom is -0.391 e. The molecule has 68 valence electrons. The molecule has 0 amide bonds. The summed E-state index contributed by atoms with van der Waals surface area (Å²) in [6.45, 7) is 2.09. The van der Waals surface area contributed by atoms with Gasteiger partial charge in [0.1, 0.15) is 0 Å². The summed E-state index contributed by atoms with van der Waals surface area (Å²) in [6, 6.07) is 6.22. The maximum Gasteiger partial charge on any atom is 0.0868 e. The third kappa shape index (κ3) is 1.52. The molecule has 0 saturated heterocycles. The van der Waals surface area contributed by atoms with Gasteiger partial charge >= 0.3 is 0 Å². The number of hydrogen-bond acceptors (Lipinski definition) is 2. The van der Waals surface area contributed by atoms with Crippen molar-refractivity contribution >= 4 is 38.0 Å². The summed E-state index contributed by atoms with van der Waals surface area (Å²) >= 11 is 7.41. The Kier molecular flexibility index (Phi) is 2.18. The van der Waals surface area contributed by atoms with Gasteiger partial charge in [-0.05, 0) is 35.6 Å². The van der Waals surface area contributed by atoms with Gasteiger partial charge in [-0.3, -0.25) is 0 Å². The van der Waals surface area contributed by atoms with Gasteiger partial charge in [0.2, 0.25) is 0 Å². The van der Waals surface area contributed by atoms with Gasteiger partial charge in [-0.15, -0.1) is 22.9 Å². The number of fused-ring (bicyclic) bond motifs is 1. The van der Waals surface area contributed by atoms with Crippen LogP contribution in [0.25, 0.3) is 10.1 Å². The van der Waals surface area contributed by atoms with Gasteiger partial charge in [-0.1, -0.05) is 6.07 Å². The number of aryl methyl sites for hydroxylation is 1. The molecule has 0 bridgehead atoms. The maximum absolute atomic E-state index is 5.78. The van der Waals surface area contributed by atoms with Gasteiger partial charge in [-0.2, -0.15) is 0 Å². The van der Waals surface area contributed by atoms with E-state index in [1.54, 1.807) is 11.3 Å². The normalized spacial score (nSPS) is 10.9. The summed E-state index contributed by atoms with van der Waals surface area (Å²) < 4.78 is 1.27. The van der Waals surface area contributed by atoms with Gasteiger partial charge in [-0.25, -0.2) is 0 Å². The summed E-state index contributed by atoms with van der Waals surface area (Å²) in [6.07, 6.45) is 0. The van der Waals surface area contributed by atoms with Crippen molar-refractivity contribution in [3.8, 4) is 0 Å². The highest BCUT2D eigenvalue weighted by Gasteiger charge is 2.03. The van der Waals surface area contributed by atoms with E-state index in [1.807, 2.05) is 6.07 Å². The van der Waals surface area contributed by atoms with Crippen molar-refractivity contribution in [1.29, 1.82) is 0 Å². The average Bonchev–Trinajstić information content (AvgIpc) is 2.46. The fourth-order valence-electron chi connectivity index (χ4n) is 1.50. The van der Waals surface area contributed by atoms with Gasteiger partial charge in [0, 0.05) is 10.6 Å². The Morgan fingerprint density at radius 1 is 1.38 bits per heavy atom. The third-order valence-corrected chi connectivity index (χ3v) is 3.46. The van der Waals surface area contributed by atoms with Crippen LogP contribution in [-0.4, -0.2) is 0 Å². The van der Waals surface area contributed by atoms with E-state index in [-0.39, 0.29) is 0 Å². The molecule has 1 aromatic carbocycles. The molecule has 0 atom stereocenters. The van der Waals surface area contributed by atoms with Gasteiger partial charge < -0.3 is 5.73 Å². The number of thiophene rings is 1. The summed E-state index contributed by atoms with van der Waals surface area (Å²) in [5, 5.41) is 2.07. The van der Waals surface area contributed by atoms with E-state index < -0.39 is 0 Å². The van der Waals surface area contributed by atoms with Crippen molar-refractivity contribution in [3.05, 3.63) is 29.3 Å². The highest BCUT2D eigenvalue weighted by molar-refractivity contribution is 7.22. The zero-order valence-electron chi connectivity index (χ0n) is 7.30. The van der Waals surface area contributed by atoms with Crippen molar-refractivity contribution < 1.29 is 0 Å². The fraction of sp³-hybridized carbons (Fsp3) is 0.200. The molecule has 1 aromatic heterocycles. The van der Waals surface area contributed by atoms with Crippen molar-refractivity contribution in [2.45, 2.75) is 12.8 Å². The molecule has 2 aromatic rings. The molecule has 13 heavy (non-hydrogen) atoms. The summed E-state index contributed by atoms with van der Waals surface area (Å²) in [4.78, 5) is 0. The number of alkyl halides is 1. The number of hydrogen-bond donors (Lipinski definition) is 1. The van der Waals surface area contributed by atoms with Gasteiger partial charge in [0.25, 0.3) is 0 Å². The average molecular weight is 212 g/mol. The molecular weight excluding hydrogens is 202 g/mol. The molecule has 0 spiro atoms. The quantitative estimate of drug-likeness (QED) is 0.718. The second-order valence-electron chi connectivity index (χ2n) is 3.11. The van der Waals surface area contributed by atoms with E-state index in [1.165, 1.54) is 15.6 Å². The Balaban J connectivity index is 2.75. The summed E-state index contributed by atoms with van der Waals surface area (Å²) in [7, 11) is 0. The van der Waals surface area contributed by atoms with E-state index in [9.17, 15) is 0 Å². The van der Waals surface area contributed by atoms with Crippen LogP contribution in [0.5, 0.6) is 0 Å². The van der Waals surface area contributed by atoms with E-state index in [2.05, 4.69) is 19.1 Å². The summed E-state index contributed by atoms with van der Waals surface area (Å²) in [5.74, 6) is 0.562. The van der Waals surface area contributed by atoms with Crippen LogP contribution < -0.4 is 5.73 Å². The Labute approximate surface area is 86.1 Å². The van der Waals surface area contributed by atoms with Crippen molar-refractivity contribution in [2.24, 2.45) is 0 Å². The highest BCUT2D eigenvalue weighted by atomic mass is 35.5. The monoisotopic (exact) mass is 211 g/mol. The number of anilines is 1. The van der Waals surface area contributed by atoms with Crippen LogP contribution in [0.1, 0.15) is 11.1 Å². The SMILES string of the molecule is Cc1cc(CCl)cc2cc(N)sc12. The number of nitrogens with two attached hydrogens (primary N) is 1. The van der Waals surface area contributed by atoms with Crippen LogP contribution in [0.4, 0.5) is 5.00 Å². The molecule has 0 radical (unpaired) electrons. The predicted octanol–water partition coefficient (Wildman–Crippen LogP) is 3.53. The topological polar surface area (TPSA) is 26.0 Å². The molecule has 1 nitrogen and oxygen atoms in total. The number of rotatable bonds is 1. The molecule has 1 heterocycles. The smallest absolute Gasteiger partial charge is 0.0868 e. The minimum absolute atomic E-state index is 0.562. The molecule has 0 aliphatic rings. The lowest BCUT2D eigenvalue weighted by atomic mass is 10.1. The number of benzene rings is 1. The van der Waals surface area contributed by atoms with Gasteiger partial charge in [0.05, 0.1) is 5.00 Å². The molecule has 0 aliphatic heterocycles. The van der Waals surface area contributed by atoms with Crippen LogP contribution in [-0.2, 0) is 5.88 Å². The number of nitrogen functional groups attached to an aromatic ring is 1. The van der Waals surface area contributed by atoms with Crippen LogP contribution >= 0.6 is 22.9 Å². The molecule has 0 saturated carbocycles. The minimum atomic E-state index is 0.562. The van der Waals surface area contributed by atoms with Crippen molar-refractivity contribution in [2.75, 3.05) is 5.73 Å². The fourth-order valence-corrected chi connectivity index (χ4v) is 2.53. The molecule has 3 heteroatoms. The second kappa shape index (κ2) is 3.20. The molecule has 2 rings (SSSR count). The lowest BCUT2D eigenvalue weighted by Crippen LogP contribution is -1.79. The molecule has 2 N–H and O–H groups in total. The van der Waals surface area contributed by atoms with E-state index in [0.29, 0.717) is 5.88 Å². The Hall–Kier alpha value is -0.730. The van der Waals surface area contributed by atoms with Crippen LogP contribution in [0.15, 0.2) is 18.2 Å². The predicted molar refractivity (Wildman–Crippen MR) is 60.5 cm³/mol.